The van der Waals surface area contributed by atoms with Crippen LogP contribution in [0.15, 0.2) is 42.7 Å². The Morgan fingerprint density at radius 2 is 1.88 bits per heavy atom. The summed E-state index contributed by atoms with van der Waals surface area (Å²) in [6, 6.07) is 8.68. The molecule has 2 rings (SSSR count). The highest BCUT2D eigenvalue weighted by Crippen LogP contribution is 2.20. The van der Waals surface area contributed by atoms with Gasteiger partial charge in [-0.25, -0.2) is 0 Å². The van der Waals surface area contributed by atoms with Gasteiger partial charge in [0.25, 0.3) is 0 Å². The third-order valence-electron chi connectivity index (χ3n) is 2.12. The molecule has 0 amide bonds. The van der Waals surface area contributed by atoms with Crippen molar-refractivity contribution in [3.05, 3.63) is 62.4 Å². The molecule has 4 heteroatoms. The second-order valence-electron chi connectivity index (χ2n) is 3.19. The molecular weight excluding hydrogens is 336 g/mol. The van der Waals surface area contributed by atoms with Crippen molar-refractivity contribution in [1.29, 1.82) is 0 Å². The van der Waals surface area contributed by atoms with E-state index in [2.05, 4.69) is 27.6 Å². The molecule has 16 heavy (non-hydrogen) atoms. The van der Waals surface area contributed by atoms with Crippen molar-refractivity contribution in [2.75, 3.05) is 0 Å². The highest BCUT2D eigenvalue weighted by atomic mass is 127. The fraction of sp³-hybridized carbons (Fsp3) is 0. The van der Waals surface area contributed by atoms with Gasteiger partial charge in [0.15, 0.2) is 5.78 Å². The number of rotatable bonds is 2. The van der Waals surface area contributed by atoms with Gasteiger partial charge in [-0.3, -0.25) is 9.78 Å². The van der Waals surface area contributed by atoms with Crippen LogP contribution in [0.3, 0.4) is 0 Å². The van der Waals surface area contributed by atoms with Gasteiger partial charge in [-0.05, 0) is 52.9 Å². The molecular formula is C12H7ClINO. The monoisotopic (exact) mass is 343 g/mol. The number of hydrogen-bond donors (Lipinski definition) is 0. The van der Waals surface area contributed by atoms with Gasteiger partial charge < -0.3 is 0 Å². The molecule has 80 valence electrons. The first-order valence-corrected chi connectivity index (χ1v) is 6.04. The lowest BCUT2D eigenvalue weighted by Crippen LogP contribution is -2.03. The fourth-order valence-corrected chi connectivity index (χ4v) is 2.08. The van der Waals surface area contributed by atoms with Gasteiger partial charge in [-0.2, -0.15) is 0 Å². The lowest BCUT2D eigenvalue weighted by molar-refractivity contribution is 0.103. The van der Waals surface area contributed by atoms with Crippen LogP contribution in [0.2, 0.25) is 5.02 Å². The van der Waals surface area contributed by atoms with E-state index < -0.39 is 0 Å². The molecule has 0 atom stereocenters. The zero-order valence-electron chi connectivity index (χ0n) is 8.15. The predicted molar refractivity (Wildman–Crippen MR) is 71.8 cm³/mol. The maximum atomic E-state index is 12.1. The van der Waals surface area contributed by atoms with Gasteiger partial charge in [0.05, 0.1) is 0 Å². The van der Waals surface area contributed by atoms with Crippen LogP contribution in [0.1, 0.15) is 15.9 Å². The minimum atomic E-state index is -0.0331. The van der Waals surface area contributed by atoms with Crippen LogP contribution in [0.25, 0.3) is 0 Å². The van der Waals surface area contributed by atoms with Crippen molar-refractivity contribution in [2.24, 2.45) is 0 Å². The zero-order chi connectivity index (χ0) is 11.5. The van der Waals surface area contributed by atoms with Crippen molar-refractivity contribution < 1.29 is 4.79 Å². The molecule has 0 fully saturated rings. The highest BCUT2D eigenvalue weighted by molar-refractivity contribution is 14.1. The van der Waals surface area contributed by atoms with E-state index in [9.17, 15) is 4.79 Å². The van der Waals surface area contributed by atoms with Crippen molar-refractivity contribution in [3.63, 3.8) is 0 Å². The first-order valence-electron chi connectivity index (χ1n) is 4.58. The molecule has 0 N–H and O–H groups in total. The molecule has 0 aliphatic heterocycles. The largest absolute Gasteiger partial charge is 0.289 e. The van der Waals surface area contributed by atoms with Crippen molar-refractivity contribution in [1.82, 2.24) is 4.98 Å². The van der Waals surface area contributed by atoms with Crippen LogP contribution in [-0.4, -0.2) is 10.8 Å². The standard InChI is InChI=1S/C12H7ClINO/c13-9-1-2-11(14)10(7-9)12(16)8-3-5-15-6-4-8/h1-7H. The molecule has 0 aliphatic carbocycles. The van der Waals surface area contributed by atoms with Gasteiger partial charge in [-0.15, -0.1) is 0 Å². The number of pyridine rings is 1. The third-order valence-corrected chi connectivity index (χ3v) is 3.29. The minimum Gasteiger partial charge on any atom is -0.289 e. The Morgan fingerprint density at radius 3 is 2.56 bits per heavy atom. The second kappa shape index (κ2) is 4.93. The first-order chi connectivity index (χ1) is 7.68. The molecule has 0 spiro atoms. The van der Waals surface area contributed by atoms with Crippen LogP contribution >= 0.6 is 34.2 Å². The molecule has 0 aliphatic rings. The highest BCUT2D eigenvalue weighted by Gasteiger charge is 2.12. The molecule has 0 radical (unpaired) electrons. The lowest BCUT2D eigenvalue weighted by atomic mass is 10.1. The lowest BCUT2D eigenvalue weighted by Gasteiger charge is -2.04. The maximum absolute atomic E-state index is 12.1. The summed E-state index contributed by atoms with van der Waals surface area (Å²) >= 11 is 8.00. The molecule has 0 saturated carbocycles. The molecule has 2 aromatic rings. The molecule has 0 saturated heterocycles. The number of ketones is 1. The van der Waals surface area contributed by atoms with Gasteiger partial charge in [0.1, 0.15) is 0 Å². The maximum Gasteiger partial charge on any atom is 0.194 e. The smallest absolute Gasteiger partial charge is 0.194 e. The second-order valence-corrected chi connectivity index (χ2v) is 4.79. The summed E-state index contributed by atoms with van der Waals surface area (Å²) in [6.07, 6.45) is 3.20. The normalized spacial score (nSPS) is 10.1. The molecule has 0 unspecified atom stereocenters. The first kappa shape index (κ1) is 11.5. The number of hydrogen-bond acceptors (Lipinski definition) is 2. The summed E-state index contributed by atoms with van der Waals surface area (Å²) in [7, 11) is 0. The molecule has 1 aromatic carbocycles. The molecule has 0 bridgehead atoms. The van der Waals surface area contributed by atoms with Gasteiger partial charge in [-0.1, -0.05) is 11.6 Å². The van der Waals surface area contributed by atoms with Crippen molar-refractivity contribution in [2.45, 2.75) is 0 Å². The third kappa shape index (κ3) is 2.41. The number of aromatic nitrogens is 1. The molecule has 1 aromatic heterocycles. The summed E-state index contributed by atoms with van der Waals surface area (Å²) in [6.45, 7) is 0. The summed E-state index contributed by atoms with van der Waals surface area (Å²) in [5.41, 5.74) is 1.24. The summed E-state index contributed by atoms with van der Waals surface area (Å²) in [5, 5.41) is 0.567. The summed E-state index contributed by atoms with van der Waals surface area (Å²) < 4.78 is 0.892. The predicted octanol–water partition coefficient (Wildman–Crippen LogP) is 3.57. The number of nitrogens with zero attached hydrogens (tertiary/aromatic N) is 1. The van der Waals surface area contributed by atoms with Crippen LogP contribution in [-0.2, 0) is 0 Å². The molecule has 2 nitrogen and oxygen atoms in total. The minimum absolute atomic E-state index is 0.0331. The Balaban J connectivity index is 2.46. The van der Waals surface area contributed by atoms with Gasteiger partial charge in [0.2, 0.25) is 0 Å². The summed E-state index contributed by atoms with van der Waals surface area (Å²) in [4.78, 5) is 16.0. The zero-order valence-corrected chi connectivity index (χ0v) is 11.1. The fourth-order valence-electron chi connectivity index (χ4n) is 1.33. The van der Waals surface area contributed by atoms with Crippen molar-refractivity contribution >= 4 is 40.0 Å². The Labute approximate surface area is 112 Å². The van der Waals surface area contributed by atoms with Gasteiger partial charge >= 0.3 is 0 Å². The van der Waals surface area contributed by atoms with E-state index in [1.54, 1.807) is 36.7 Å². The number of carbonyl (C=O) groups is 1. The van der Waals surface area contributed by atoms with E-state index in [0.29, 0.717) is 16.1 Å². The van der Waals surface area contributed by atoms with Crippen LogP contribution in [0.4, 0.5) is 0 Å². The van der Waals surface area contributed by atoms with E-state index in [0.717, 1.165) is 3.57 Å². The van der Waals surface area contributed by atoms with Crippen molar-refractivity contribution in [3.8, 4) is 0 Å². The Bertz CT molecular complexity index is 528. The molecule has 1 heterocycles. The number of halogens is 2. The van der Waals surface area contributed by atoms with E-state index in [1.165, 1.54) is 0 Å². The Kier molecular flexibility index (Phi) is 3.56. The van der Waals surface area contributed by atoms with E-state index in [1.807, 2.05) is 6.07 Å². The van der Waals surface area contributed by atoms with Crippen LogP contribution in [0.5, 0.6) is 0 Å². The van der Waals surface area contributed by atoms with Crippen LogP contribution in [0, 0.1) is 3.57 Å². The van der Waals surface area contributed by atoms with E-state index >= 15 is 0 Å². The average Bonchev–Trinajstić information content (AvgIpc) is 2.32. The summed E-state index contributed by atoms with van der Waals surface area (Å²) in [5.74, 6) is -0.0331. The van der Waals surface area contributed by atoms with E-state index in [-0.39, 0.29) is 5.78 Å². The van der Waals surface area contributed by atoms with Gasteiger partial charge in [0, 0.05) is 32.1 Å². The SMILES string of the molecule is O=C(c1ccncc1)c1cc(Cl)ccc1I. The number of benzene rings is 1. The average molecular weight is 344 g/mol. The van der Waals surface area contributed by atoms with Crippen LogP contribution < -0.4 is 0 Å². The Morgan fingerprint density at radius 1 is 1.19 bits per heavy atom. The quantitative estimate of drug-likeness (QED) is 0.616. The number of carbonyl (C=O) groups excluding carboxylic acids is 1. The topological polar surface area (TPSA) is 30.0 Å². The van der Waals surface area contributed by atoms with E-state index in [4.69, 9.17) is 11.6 Å². The Hall–Kier alpha value is -0.940.